The van der Waals surface area contributed by atoms with E-state index in [0.29, 0.717) is 192 Å². The topological polar surface area (TPSA) is 375 Å². The average molecular weight is 2090 g/mol. The highest BCUT2D eigenvalue weighted by Gasteiger charge is 2.34. The highest BCUT2D eigenvalue weighted by atomic mass is 32.1. The zero-order valence-electron chi connectivity index (χ0n) is 86.8. The molecule has 3 heterocycles. The minimum atomic E-state index is -0.775. The molecule has 5 aliphatic carbocycles. The molecule has 0 atom stereocenters. The van der Waals surface area contributed by atoms with Crippen molar-refractivity contribution >= 4 is 116 Å². The molecule has 0 spiro atoms. The van der Waals surface area contributed by atoms with Crippen molar-refractivity contribution in [1.82, 2.24) is 4.98 Å². The number of unbranched alkanes of at least 4 members (excludes halogenated alkanes) is 9. The second-order valence-corrected chi connectivity index (χ2v) is 39.4. The molecule has 0 unspecified atom stereocenters. The molecule has 0 saturated heterocycles. The summed E-state index contributed by atoms with van der Waals surface area (Å²) in [4.78, 5) is 149. The molecule has 30 nitrogen and oxygen atoms in total. The summed E-state index contributed by atoms with van der Waals surface area (Å²) in [5.41, 5.74) is 0.969. The largest absolute Gasteiger partial charge is 0.513 e. The molecule has 0 bridgehead atoms. The Morgan fingerprint density at radius 1 is 0.336 bits per heavy atom. The summed E-state index contributed by atoms with van der Waals surface area (Å²) in [6.45, 7) is 25.7. The SMILES string of the molecule is C=CC(=O)OCCCCCCC1CCC(OC)CC1.C=CC(=O)OCCCCCCOC1CCC(OC)CC1.C=CC(=O)OCCCCOC(=O)C1CCC(OC)CC1.C=CC(=O)OCCCCOC(=O)Oc1ccc(OC)cc1.C=CC(=O)OCCCCOC(=O)c1ccc(OC)cc1.CCCc1ccc(-c2ccc(-c3nc4c(OC(=O)C5CCC(C(C)=O)CC5)ccc(OC(=O)C5CCC(C(C)=O)CC5)c4s3)s2)s1. The number of hydrogen-bond donors (Lipinski definition) is 0. The Bertz CT molecular complexity index is 4830. The Hall–Kier alpha value is -11.1. The lowest BCUT2D eigenvalue weighted by atomic mass is 9.80. The molecule has 33 heteroatoms. The van der Waals surface area contributed by atoms with Crippen LogP contribution in [0, 0.1) is 35.5 Å². The lowest BCUT2D eigenvalue weighted by molar-refractivity contribution is -0.151. The van der Waals surface area contributed by atoms with Crippen molar-refractivity contribution < 1.29 is 138 Å². The molecule has 0 aliphatic heterocycles. The quantitative estimate of drug-likeness (QED) is 0.00854. The van der Waals surface area contributed by atoms with Gasteiger partial charge in [0.1, 0.15) is 44.0 Å². The van der Waals surface area contributed by atoms with E-state index in [9.17, 15) is 57.5 Å². The summed E-state index contributed by atoms with van der Waals surface area (Å²) in [6, 6.07) is 25.2. The number of aromatic nitrogens is 1. The molecular formula is C113H155NO29S3. The number of fused-ring (bicyclic) bond motifs is 1. The van der Waals surface area contributed by atoms with E-state index in [-0.39, 0.29) is 96.8 Å². The Kier molecular flexibility index (Phi) is 61.9. The van der Waals surface area contributed by atoms with E-state index in [0.717, 1.165) is 143 Å². The van der Waals surface area contributed by atoms with Gasteiger partial charge < -0.3 is 80.5 Å². The first-order chi connectivity index (χ1) is 70.7. The third kappa shape index (κ3) is 49.2. The summed E-state index contributed by atoms with van der Waals surface area (Å²) >= 11 is 4.90. The first kappa shape index (κ1) is 124. The molecule has 3 aromatic heterocycles. The van der Waals surface area contributed by atoms with E-state index in [4.69, 9.17) is 85.5 Å². The highest BCUT2D eigenvalue weighted by molar-refractivity contribution is 7.28. The normalized spacial score (nSPS) is 18.6. The van der Waals surface area contributed by atoms with E-state index in [1.165, 1.54) is 83.1 Å². The van der Waals surface area contributed by atoms with Gasteiger partial charge in [0, 0.05) is 84.8 Å². The van der Waals surface area contributed by atoms with Crippen LogP contribution in [0.15, 0.2) is 148 Å². The number of carbonyl (C=O) groups excluding carboxylic acids is 12. The van der Waals surface area contributed by atoms with E-state index < -0.39 is 24.1 Å². The number of ether oxygens (including phenoxy) is 17. The number of methoxy groups -OCH3 is 5. The second-order valence-electron chi connectivity index (χ2n) is 36.2. The van der Waals surface area contributed by atoms with Crippen molar-refractivity contribution in [3.05, 3.63) is 159 Å². The van der Waals surface area contributed by atoms with Gasteiger partial charge in [-0.1, -0.05) is 78.3 Å². The number of benzene rings is 3. The van der Waals surface area contributed by atoms with Gasteiger partial charge in [-0.3, -0.25) is 24.0 Å². The Labute approximate surface area is 873 Å². The fourth-order valence-corrected chi connectivity index (χ4v) is 20.1. The zero-order valence-corrected chi connectivity index (χ0v) is 89.3. The molecule has 5 saturated carbocycles. The maximum atomic E-state index is 13.3. The number of ketones is 2. The fraction of sp³-hybridized carbons (Fsp3) is 0.566. The van der Waals surface area contributed by atoms with E-state index in [1.54, 1.807) is 114 Å². The van der Waals surface area contributed by atoms with Gasteiger partial charge in [0.25, 0.3) is 0 Å². The minimum Gasteiger partial charge on any atom is -0.497 e. The summed E-state index contributed by atoms with van der Waals surface area (Å²) < 4.78 is 89.0. The van der Waals surface area contributed by atoms with Crippen LogP contribution >= 0.6 is 34.0 Å². The van der Waals surface area contributed by atoms with Gasteiger partial charge in [-0.15, -0.1) is 34.0 Å². The van der Waals surface area contributed by atoms with Crippen LogP contribution in [0.25, 0.3) is 29.9 Å². The number of hydrogen-bond acceptors (Lipinski definition) is 33. The smallest absolute Gasteiger partial charge is 0.497 e. The van der Waals surface area contributed by atoms with E-state index in [1.807, 2.05) is 18.4 Å². The summed E-state index contributed by atoms with van der Waals surface area (Å²) in [6.07, 6.45) is 41.3. The number of Topliss-reactive ketones (excluding diaryl/α,β-unsaturated/α-hetero) is 2. The predicted octanol–water partition coefficient (Wildman–Crippen LogP) is 23.8. The number of aryl methyl sites for hydroxylation is 1. The standard InChI is InChI=1S/C36H39NO6S3.C16H28O4.C16H28O3.C15H18O6.C15H24O5.C15H18O5/c1-4-5-26-14-17-29(44-26)30-18-19-31(45-30)34-37-32-27(42-35(40)24-10-6-22(7-11-24)20(2)38)15-16-28(33(32)46-34)43-36(41)25-12-8-23(9-13-25)21(3)39;1-3-16(17)20-13-7-5-4-6-12-19-15-10-8-14(18-2)9-11-15;1-3-16(17)19-13-7-5-4-6-8-14-9-11-15(18-2)12-10-14;1-3-14(16)19-10-4-5-11-20-15(17)21-13-8-6-12(18-2)7-9-13;2*1-3-14(16)19-10-4-5-11-20-15(17)12-6-8-13(18-2)9-7-12/h14-19,22-25H,4-13H2,1-3H3;3,14-15H,1,4-13H2,2H3;3,14-15H,1,4-13H2,2H3;3,6-9H,1,4-5,10-11H2,2H3;3,12-13H,1,4-11H2,2H3;3,6-9H,1,4-5,10-11H2,2H3. The number of thiophene rings is 2. The van der Waals surface area contributed by atoms with Crippen LogP contribution in [0.5, 0.6) is 28.7 Å². The average Bonchev–Trinajstić information content (AvgIpc) is 1.62. The molecule has 146 heavy (non-hydrogen) atoms. The Morgan fingerprint density at radius 2 is 0.692 bits per heavy atom. The fourth-order valence-electron chi connectivity index (χ4n) is 16.8. The minimum absolute atomic E-state index is 0.0139. The van der Waals surface area contributed by atoms with Crippen LogP contribution in [-0.4, -0.2) is 196 Å². The molecule has 3 aromatic carbocycles. The summed E-state index contributed by atoms with van der Waals surface area (Å²) in [5, 5.41) is 0.765. The van der Waals surface area contributed by atoms with Crippen molar-refractivity contribution in [1.29, 1.82) is 0 Å². The van der Waals surface area contributed by atoms with Crippen LogP contribution in [-0.2, 0) is 111 Å². The third-order valence-corrected chi connectivity index (χ3v) is 29.3. The first-order valence-corrected chi connectivity index (χ1v) is 53.9. The van der Waals surface area contributed by atoms with Gasteiger partial charge in [-0.25, -0.2) is 38.5 Å². The summed E-state index contributed by atoms with van der Waals surface area (Å²) in [5.74, 6) is 0.196. The molecule has 0 N–H and O–H groups in total. The van der Waals surface area contributed by atoms with Crippen LogP contribution in [0.1, 0.15) is 267 Å². The maximum absolute atomic E-state index is 13.3. The monoisotopic (exact) mass is 2090 g/mol. The van der Waals surface area contributed by atoms with Crippen LogP contribution in [0.4, 0.5) is 4.79 Å². The number of thiazole rings is 1. The van der Waals surface area contributed by atoms with Crippen molar-refractivity contribution in [3.8, 4) is 48.4 Å². The second kappa shape index (κ2) is 73.1. The first-order valence-electron chi connectivity index (χ1n) is 51.4. The number of nitrogens with zero attached hydrogens (tertiary/aromatic N) is 1. The van der Waals surface area contributed by atoms with E-state index >= 15 is 0 Å². The number of carbonyl (C=O) groups is 12. The van der Waals surface area contributed by atoms with E-state index in [2.05, 4.69) is 64.1 Å². The van der Waals surface area contributed by atoms with Crippen LogP contribution in [0.3, 0.4) is 0 Å². The van der Waals surface area contributed by atoms with Gasteiger partial charge in [-0.2, -0.15) is 0 Å². The lowest BCUT2D eigenvalue weighted by Gasteiger charge is -2.27. The molecule has 804 valence electrons. The van der Waals surface area contributed by atoms with Crippen LogP contribution < -0.4 is 23.7 Å². The van der Waals surface area contributed by atoms with Gasteiger partial charge >= 0.3 is 59.9 Å². The van der Waals surface area contributed by atoms with Gasteiger partial charge in [0.2, 0.25) is 0 Å². The Morgan fingerprint density at radius 3 is 1.14 bits per heavy atom. The number of esters is 9. The predicted molar refractivity (Wildman–Crippen MR) is 563 cm³/mol. The van der Waals surface area contributed by atoms with Gasteiger partial charge in [0.15, 0.2) is 11.5 Å². The molecule has 0 amide bonds. The lowest BCUT2D eigenvalue weighted by Crippen LogP contribution is -2.28. The van der Waals surface area contributed by atoms with Crippen molar-refractivity contribution in [3.63, 3.8) is 0 Å². The van der Waals surface area contributed by atoms with Crippen molar-refractivity contribution in [2.75, 3.05) is 95.0 Å². The molecule has 5 fully saturated rings. The highest BCUT2D eigenvalue weighted by Crippen LogP contribution is 2.46. The molecule has 5 aliphatic rings. The van der Waals surface area contributed by atoms with Gasteiger partial charge in [0.05, 0.1) is 120 Å². The zero-order chi connectivity index (χ0) is 106. The molecule has 11 rings (SSSR count). The van der Waals surface area contributed by atoms with Gasteiger partial charge in [-0.05, 0) is 304 Å². The maximum Gasteiger partial charge on any atom is 0.513 e. The summed E-state index contributed by atoms with van der Waals surface area (Å²) in [7, 11) is 8.44. The molecule has 0 radical (unpaired) electrons. The Balaban J connectivity index is 0.000000281. The molecular weight excluding hydrogens is 1930 g/mol. The number of rotatable bonds is 53. The third-order valence-electron chi connectivity index (χ3n) is 25.7. The van der Waals surface area contributed by atoms with Crippen LogP contribution in [0.2, 0.25) is 0 Å². The van der Waals surface area contributed by atoms with Crippen molar-refractivity contribution in [2.24, 2.45) is 35.5 Å². The van der Waals surface area contributed by atoms with Crippen molar-refractivity contribution in [2.45, 2.75) is 283 Å². The molecule has 6 aromatic rings.